The van der Waals surface area contributed by atoms with E-state index in [1.807, 2.05) is 17.7 Å². The zero-order chi connectivity index (χ0) is 13.0. The Kier molecular flexibility index (Phi) is 3.96. The zero-order valence-electron chi connectivity index (χ0n) is 10.5. The van der Waals surface area contributed by atoms with Crippen molar-refractivity contribution in [3.05, 3.63) is 18.7 Å². The number of nitrogens with zero attached hydrogens (tertiary/aromatic N) is 3. The minimum Gasteiger partial charge on any atom is -0.350 e. The predicted molar refractivity (Wildman–Crippen MR) is 65.6 cm³/mol. The van der Waals surface area contributed by atoms with Crippen LogP contribution in [0.1, 0.15) is 19.8 Å². The van der Waals surface area contributed by atoms with Crippen molar-refractivity contribution in [2.45, 2.75) is 32.4 Å². The van der Waals surface area contributed by atoms with Crippen molar-refractivity contribution < 1.29 is 9.59 Å². The van der Waals surface area contributed by atoms with E-state index >= 15 is 0 Å². The highest BCUT2D eigenvalue weighted by molar-refractivity contribution is 5.85. The van der Waals surface area contributed by atoms with Crippen LogP contribution in [0.4, 0.5) is 0 Å². The van der Waals surface area contributed by atoms with Crippen LogP contribution in [0.5, 0.6) is 0 Å². The average Bonchev–Trinajstić information content (AvgIpc) is 2.91. The highest BCUT2D eigenvalue weighted by Crippen LogP contribution is 2.08. The number of amides is 2. The summed E-state index contributed by atoms with van der Waals surface area (Å²) in [6, 6.07) is 0.0180. The molecular formula is C12H18N4O2. The van der Waals surface area contributed by atoms with Gasteiger partial charge < -0.3 is 14.8 Å². The van der Waals surface area contributed by atoms with Gasteiger partial charge in [-0.05, 0) is 13.3 Å². The molecular weight excluding hydrogens is 232 g/mol. The predicted octanol–water partition coefficient (Wildman–Crippen LogP) is 0.0102. The lowest BCUT2D eigenvalue weighted by atomic mass is 10.3. The normalized spacial score (nSPS) is 16.9. The first-order valence-electron chi connectivity index (χ1n) is 6.18. The molecule has 2 rings (SSSR count). The molecule has 6 nitrogen and oxygen atoms in total. The second-order valence-electron chi connectivity index (χ2n) is 4.65. The molecule has 1 N–H and O–H groups in total. The highest BCUT2D eigenvalue weighted by Gasteiger charge is 2.22. The molecule has 0 unspecified atom stereocenters. The molecule has 1 aliphatic rings. The van der Waals surface area contributed by atoms with Crippen LogP contribution in [-0.2, 0) is 16.1 Å². The summed E-state index contributed by atoms with van der Waals surface area (Å²) in [7, 11) is 0. The Bertz CT molecular complexity index is 416. The minimum atomic E-state index is -0.0992. The minimum absolute atomic E-state index is 0.0180. The number of imidazole rings is 1. The quantitative estimate of drug-likeness (QED) is 0.800. The molecule has 1 aromatic rings. The van der Waals surface area contributed by atoms with Crippen molar-refractivity contribution in [2.75, 3.05) is 13.1 Å². The van der Waals surface area contributed by atoms with Gasteiger partial charge in [-0.1, -0.05) is 0 Å². The van der Waals surface area contributed by atoms with E-state index in [0.717, 1.165) is 6.42 Å². The molecule has 98 valence electrons. The first-order chi connectivity index (χ1) is 8.65. The number of hydrogen-bond donors (Lipinski definition) is 1. The maximum Gasteiger partial charge on any atom is 0.239 e. The van der Waals surface area contributed by atoms with Gasteiger partial charge in [-0.25, -0.2) is 4.98 Å². The summed E-state index contributed by atoms with van der Waals surface area (Å²) in [4.78, 5) is 28.7. The summed E-state index contributed by atoms with van der Waals surface area (Å²) < 4.78 is 1.91. The molecule has 2 amide bonds. The first-order valence-corrected chi connectivity index (χ1v) is 6.18. The average molecular weight is 250 g/mol. The Labute approximate surface area is 106 Å². The molecule has 1 saturated heterocycles. The fourth-order valence-corrected chi connectivity index (χ4v) is 2.12. The second kappa shape index (κ2) is 5.66. The smallest absolute Gasteiger partial charge is 0.239 e. The summed E-state index contributed by atoms with van der Waals surface area (Å²) in [5, 5.41) is 2.88. The van der Waals surface area contributed by atoms with Crippen LogP contribution in [0.15, 0.2) is 18.7 Å². The van der Waals surface area contributed by atoms with Crippen LogP contribution in [0.3, 0.4) is 0 Å². The Hall–Kier alpha value is -1.85. The van der Waals surface area contributed by atoms with Gasteiger partial charge in [-0.3, -0.25) is 9.59 Å². The molecule has 1 fully saturated rings. The first kappa shape index (κ1) is 12.6. The van der Waals surface area contributed by atoms with Gasteiger partial charge in [0.2, 0.25) is 11.8 Å². The monoisotopic (exact) mass is 250 g/mol. The highest BCUT2D eigenvalue weighted by atomic mass is 16.2. The SMILES string of the molecule is C[C@H](Cn1ccnc1)NC(=O)CN1CCCC1=O. The third-order valence-corrected chi connectivity index (χ3v) is 2.96. The largest absolute Gasteiger partial charge is 0.350 e. The van der Waals surface area contributed by atoms with Gasteiger partial charge in [0.15, 0.2) is 0 Å². The summed E-state index contributed by atoms with van der Waals surface area (Å²) in [5.41, 5.74) is 0. The van der Waals surface area contributed by atoms with E-state index in [1.165, 1.54) is 0 Å². The Morgan fingerprint density at radius 1 is 1.61 bits per heavy atom. The topological polar surface area (TPSA) is 67.2 Å². The van der Waals surface area contributed by atoms with Gasteiger partial charge in [0, 0.05) is 37.9 Å². The Morgan fingerprint density at radius 2 is 2.44 bits per heavy atom. The van der Waals surface area contributed by atoms with Crippen LogP contribution in [0, 0.1) is 0 Å². The molecule has 2 heterocycles. The van der Waals surface area contributed by atoms with Crippen molar-refractivity contribution in [3.8, 4) is 0 Å². The summed E-state index contributed by atoms with van der Waals surface area (Å²) in [5.74, 6) is -0.0229. The van der Waals surface area contributed by atoms with E-state index in [9.17, 15) is 9.59 Å². The molecule has 1 aromatic heterocycles. The van der Waals surface area contributed by atoms with Gasteiger partial charge >= 0.3 is 0 Å². The number of nitrogens with one attached hydrogen (secondary N) is 1. The molecule has 0 radical (unpaired) electrons. The fraction of sp³-hybridized carbons (Fsp3) is 0.583. The molecule has 6 heteroatoms. The summed E-state index contributed by atoms with van der Waals surface area (Å²) in [6.07, 6.45) is 6.70. The Morgan fingerprint density at radius 3 is 3.06 bits per heavy atom. The van der Waals surface area contributed by atoms with Crippen molar-refractivity contribution in [1.29, 1.82) is 0 Å². The van der Waals surface area contributed by atoms with E-state index in [2.05, 4.69) is 10.3 Å². The van der Waals surface area contributed by atoms with Crippen molar-refractivity contribution in [2.24, 2.45) is 0 Å². The molecule has 0 spiro atoms. The van der Waals surface area contributed by atoms with Crippen molar-refractivity contribution in [1.82, 2.24) is 19.8 Å². The van der Waals surface area contributed by atoms with Crippen LogP contribution in [0.25, 0.3) is 0 Å². The van der Waals surface area contributed by atoms with Crippen molar-refractivity contribution >= 4 is 11.8 Å². The van der Waals surface area contributed by atoms with Gasteiger partial charge in [-0.15, -0.1) is 0 Å². The van der Waals surface area contributed by atoms with E-state index in [0.29, 0.717) is 19.5 Å². The van der Waals surface area contributed by atoms with Crippen molar-refractivity contribution in [3.63, 3.8) is 0 Å². The van der Waals surface area contributed by atoms with E-state index in [-0.39, 0.29) is 24.4 Å². The van der Waals surface area contributed by atoms with Gasteiger partial charge in [0.25, 0.3) is 0 Å². The van der Waals surface area contributed by atoms with Crippen LogP contribution >= 0.6 is 0 Å². The third-order valence-electron chi connectivity index (χ3n) is 2.96. The standard InChI is InChI=1S/C12H18N4O2/c1-10(7-15-6-4-13-9-15)14-11(17)8-16-5-2-3-12(16)18/h4,6,9-10H,2-3,5,7-8H2,1H3,(H,14,17)/t10-/m1/s1. The summed E-state index contributed by atoms with van der Waals surface area (Å²) >= 11 is 0. The molecule has 1 atom stereocenters. The van der Waals surface area contributed by atoms with E-state index in [1.54, 1.807) is 17.4 Å². The van der Waals surface area contributed by atoms with Gasteiger partial charge in [0.1, 0.15) is 0 Å². The van der Waals surface area contributed by atoms with E-state index in [4.69, 9.17) is 0 Å². The molecule has 1 aliphatic heterocycles. The van der Waals surface area contributed by atoms with E-state index < -0.39 is 0 Å². The Balaban J connectivity index is 1.75. The fourth-order valence-electron chi connectivity index (χ4n) is 2.12. The number of hydrogen-bond acceptors (Lipinski definition) is 3. The molecule has 0 aliphatic carbocycles. The van der Waals surface area contributed by atoms with Gasteiger partial charge in [-0.2, -0.15) is 0 Å². The lowest BCUT2D eigenvalue weighted by molar-refractivity contribution is -0.133. The van der Waals surface area contributed by atoms with Crippen LogP contribution < -0.4 is 5.32 Å². The van der Waals surface area contributed by atoms with Gasteiger partial charge in [0.05, 0.1) is 12.9 Å². The third kappa shape index (κ3) is 3.32. The number of carbonyl (C=O) groups excluding carboxylic acids is 2. The lowest BCUT2D eigenvalue weighted by Gasteiger charge is -2.18. The maximum absolute atomic E-state index is 11.8. The number of rotatable bonds is 5. The molecule has 0 bridgehead atoms. The van der Waals surface area contributed by atoms with Crippen LogP contribution in [-0.4, -0.2) is 45.4 Å². The van der Waals surface area contributed by atoms with Crippen LogP contribution in [0.2, 0.25) is 0 Å². The number of likely N-dealkylation sites (tertiary alicyclic amines) is 1. The number of carbonyl (C=O) groups is 2. The number of aromatic nitrogens is 2. The lowest BCUT2D eigenvalue weighted by Crippen LogP contribution is -2.42. The maximum atomic E-state index is 11.8. The summed E-state index contributed by atoms with van der Waals surface area (Å²) in [6.45, 7) is 3.48. The molecule has 18 heavy (non-hydrogen) atoms. The zero-order valence-corrected chi connectivity index (χ0v) is 10.5. The molecule has 0 aromatic carbocycles. The second-order valence-corrected chi connectivity index (χ2v) is 4.65. The molecule has 0 saturated carbocycles.